The molecule has 5 unspecified atom stereocenters. The number of nitrogens with one attached hydrogen (secondary N) is 1. The van der Waals surface area contributed by atoms with E-state index in [1.54, 1.807) is 18.6 Å². The number of hydrogen-bond donors (Lipinski definition) is 1. The Morgan fingerprint density at radius 3 is 2.00 bits per heavy atom. The molecule has 5 atom stereocenters. The Balaban J connectivity index is 0.000000375. The zero-order valence-electron chi connectivity index (χ0n) is 51.2. The number of unbranched alkanes of at least 4 members (excludes halogenated alkanes) is 7. The number of aliphatic imine (C=N–C) groups is 3. The van der Waals surface area contributed by atoms with Crippen LogP contribution in [0.25, 0.3) is 0 Å². The van der Waals surface area contributed by atoms with Gasteiger partial charge < -0.3 is 24.4 Å². The molecule has 6 aromatic heterocycles. The largest absolute Gasteiger partial charge is 1.00 e. The average molecular weight is 1330 g/mol. The number of amidine groups is 1. The number of hydrogen-bond acceptors (Lipinski definition) is 9. The normalized spacial score (nSPS) is 15.9. The van der Waals surface area contributed by atoms with Crippen molar-refractivity contribution < 1.29 is 61.9 Å². The number of aromatic nitrogens is 8. The van der Waals surface area contributed by atoms with Gasteiger partial charge in [-0.05, 0) is 130 Å². The summed E-state index contributed by atoms with van der Waals surface area (Å²) in [6.45, 7) is 11.0. The second kappa shape index (κ2) is 35.8. The number of aryl methyl sites for hydroxylation is 5. The molecule has 451 valence electrons. The van der Waals surface area contributed by atoms with E-state index >= 15 is 0 Å². The molecular formula is C66H91N15O3Os+5. The molecule has 0 fully saturated rings. The minimum absolute atomic E-state index is 0. The molecule has 18 nitrogen and oxygen atoms in total. The Kier molecular flexibility index (Phi) is 28.1. The number of rotatable bonds is 30. The maximum atomic E-state index is 12.5. The second-order valence-corrected chi connectivity index (χ2v) is 22.4. The quantitative estimate of drug-likeness (QED) is 0.0380. The van der Waals surface area contributed by atoms with Crippen molar-refractivity contribution in [3.63, 3.8) is 0 Å². The van der Waals surface area contributed by atoms with Gasteiger partial charge in [0.1, 0.15) is 38.6 Å². The number of carboxylic acids is 1. The first kappa shape index (κ1) is 66.8. The maximum Gasteiger partial charge on any atom is 1.00 e. The third-order valence-electron chi connectivity index (χ3n) is 16.0. The Bertz CT molecular complexity index is 3180. The predicted molar refractivity (Wildman–Crippen MR) is 327 cm³/mol. The summed E-state index contributed by atoms with van der Waals surface area (Å²) in [6.07, 6.45) is 43.6. The van der Waals surface area contributed by atoms with Gasteiger partial charge in [-0.15, -0.1) is 0 Å². The zero-order valence-corrected chi connectivity index (χ0v) is 53.8. The fraction of sp³-hybridized carbons (Fsp3) is 0.485. The smallest absolute Gasteiger partial charge is 0.550 e. The number of amides is 1. The monoisotopic (exact) mass is 1330 g/mol. The maximum absolute atomic E-state index is 12.5. The number of pyridine rings is 4. The molecule has 1 amide bonds. The Morgan fingerprint density at radius 2 is 1.39 bits per heavy atom. The van der Waals surface area contributed by atoms with Crippen molar-refractivity contribution in [1.29, 1.82) is 0 Å². The summed E-state index contributed by atoms with van der Waals surface area (Å²) >= 11 is 0. The van der Waals surface area contributed by atoms with Crippen LogP contribution in [0.5, 0.6) is 0 Å². The summed E-state index contributed by atoms with van der Waals surface area (Å²) in [5.74, 6) is 3.31. The third-order valence-corrected chi connectivity index (χ3v) is 16.0. The number of aliphatic carboxylic acids is 1. The van der Waals surface area contributed by atoms with Crippen LogP contribution in [0.2, 0.25) is 0 Å². The van der Waals surface area contributed by atoms with Gasteiger partial charge in [-0.3, -0.25) is 9.78 Å². The molecule has 0 aromatic carbocycles. The molecule has 0 saturated heterocycles. The van der Waals surface area contributed by atoms with Crippen LogP contribution >= 0.6 is 0 Å². The van der Waals surface area contributed by atoms with Gasteiger partial charge in [0.05, 0.1) is 19.5 Å². The van der Waals surface area contributed by atoms with Crippen molar-refractivity contribution in [2.24, 2.45) is 29.1 Å². The summed E-state index contributed by atoms with van der Waals surface area (Å²) in [4.78, 5) is 53.8. The molecule has 85 heavy (non-hydrogen) atoms. The van der Waals surface area contributed by atoms with Gasteiger partial charge in [-0.1, -0.05) is 31.3 Å². The number of carbonyl (C=O) groups excluding carboxylic acids is 2. The Hall–Kier alpha value is -7.38. The zero-order chi connectivity index (χ0) is 59.5. The van der Waals surface area contributed by atoms with E-state index in [-0.39, 0.29) is 44.4 Å². The van der Waals surface area contributed by atoms with Crippen molar-refractivity contribution in [3.05, 3.63) is 156 Å². The Morgan fingerprint density at radius 1 is 0.741 bits per heavy atom. The van der Waals surface area contributed by atoms with Crippen molar-refractivity contribution in [3.8, 4) is 0 Å². The minimum atomic E-state index is -0.963. The molecule has 6 aromatic rings. The van der Waals surface area contributed by atoms with Crippen molar-refractivity contribution in [2.45, 2.75) is 160 Å². The summed E-state index contributed by atoms with van der Waals surface area (Å²) in [5.41, 5.74) is 6.10. The summed E-state index contributed by atoms with van der Waals surface area (Å²) in [6, 6.07) is 19.6. The summed E-state index contributed by atoms with van der Waals surface area (Å²) in [7, 11) is 7.92. The molecule has 1 N–H and O–H groups in total. The van der Waals surface area contributed by atoms with Crippen molar-refractivity contribution >= 4 is 48.8 Å². The van der Waals surface area contributed by atoms with E-state index < -0.39 is 5.97 Å². The van der Waals surface area contributed by atoms with Crippen LogP contribution in [-0.2, 0) is 56.6 Å². The number of carbonyl (C=O) groups is 2. The van der Waals surface area contributed by atoms with Gasteiger partial charge >= 0.3 is 31.8 Å². The van der Waals surface area contributed by atoms with E-state index in [1.165, 1.54) is 16.7 Å². The van der Waals surface area contributed by atoms with E-state index in [0.717, 1.165) is 139 Å². The molecule has 9 heterocycles. The van der Waals surface area contributed by atoms with Gasteiger partial charge in [0.2, 0.25) is 17.6 Å². The first-order valence-electron chi connectivity index (χ1n) is 30.4. The molecule has 9 rings (SSSR count). The van der Waals surface area contributed by atoms with Crippen molar-refractivity contribution in [2.75, 3.05) is 33.7 Å². The van der Waals surface area contributed by atoms with E-state index in [1.807, 2.05) is 115 Å². The molecule has 0 spiro atoms. The SMILES string of the molecule is CCC(CC(CC(C)c1cc[n+](CCCCCC(=O)[O-])cc1)c1ccncc1)c1cc[n+](CCCCCC(=O)NCCCCCC[N+]2=CC=NC2c2cccc(C)n2)cc1.C[N+]1=CC=NC1c1[n-]cc[n+]1C.Cn1ccnc1C1=NCC=[N+]1C.[Os+]. The van der Waals surface area contributed by atoms with E-state index in [2.05, 4.69) is 135 Å². The van der Waals surface area contributed by atoms with Crippen LogP contribution in [-0.4, -0.2) is 116 Å². The second-order valence-electron chi connectivity index (χ2n) is 22.4. The number of imidazole rings is 2. The van der Waals surface area contributed by atoms with Crippen LogP contribution in [0.15, 0.2) is 132 Å². The molecule has 19 heteroatoms. The van der Waals surface area contributed by atoms with E-state index in [0.29, 0.717) is 30.6 Å². The standard InChI is InChI=1S/C50H68N7O3.2C8H11N4.Os/c1-4-42(39-46(44-20-27-51-28-21-44)38-40(2)43-22-33-55(34-23-43)31-13-8-10-19-49(59)60)45-24-35-56(36-25-45)30-12-7-9-18-48(58)52-26-11-5-6-14-32-57-37-29-53-50(57)47-17-15-16-41(3)54-47;2*1-11-5-3-9-7(11)8-10-4-6-12(8)2;/h15-17,20-25,27-29,33-37,40,42,46,50H,4-14,18-19,26,30-32,38-39H2,1-3H3;3,5-6H,4H2,1-2H3;3-7H,1-2H3;/q4*+1/p+1. The first-order chi connectivity index (χ1) is 40.9. The summed E-state index contributed by atoms with van der Waals surface area (Å²) in [5, 5.41) is 13.8. The molecule has 3 aliphatic heterocycles. The van der Waals surface area contributed by atoms with Gasteiger partial charge in [0.15, 0.2) is 43.8 Å². The third kappa shape index (κ3) is 21.6. The predicted octanol–water partition coefficient (Wildman–Crippen LogP) is 6.79. The molecule has 0 saturated carbocycles. The first-order valence-corrected chi connectivity index (χ1v) is 30.4. The van der Waals surface area contributed by atoms with Crippen LogP contribution in [0, 0.1) is 6.92 Å². The number of carboxylic acid groups (broad SMARTS) is 1. The Labute approximate surface area is 517 Å². The van der Waals surface area contributed by atoms with Crippen LogP contribution in [0.1, 0.15) is 180 Å². The van der Waals surface area contributed by atoms with E-state index in [9.17, 15) is 14.7 Å². The van der Waals surface area contributed by atoms with Gasteiger partial charge in [-0.2, -0.15) is 0 Å². The molecule has 0 aliphatic carbocycles. The number of nitrogens with zero attached hydrogens (tertiary/aromatic N) is 14. The van der Waals surface area contributed by atoms with E-state index in [4.69, 9.17) is 0 Å². The minimum Gasteiger partial charge on any atom is -0.550 e. The van der Waals surface area contributed by atoms with Gasteiger partial charge in [0.25, 0.3) is 6.17 Å². The molecule has 1 radical (unpaired) electrons. The van der Waals surface area contributed by atoms with Gasteiger partial charge in [-0.25, -0.2) is 47.8 Å². The summed E-state index contributed by atoms with van der Waals surface area (Å²) < 4.78 is 14.7. The van der Waals surface area contributed by atoms with Crippen LogP contribution < -0.4 is 29.1 Å². The van der Waals surface area contributed by atoms with Crippen LogP contribution in [0.4, 0.5) is 0 Å². The topological polar surface area (TPSA) is 185 Å². The van der Waals surface area contributed by atoms with Crippen molar-refractivity contribution in [1.82, 2.24) is 29.8 Å². The average Bonchev–Trinajstić information content (AvgIpc) is 4.61. The van der Waals surface area contributed by atoms with Gasteiger partial charge in [0, 0.05) is 119 Å². The molecule has 0 bridgehead atoms. The van der Waals surface area contributed by atoms with Crippen LogP contribution in [0.3, 0.4) is 0 Å². The molecule has 3 aliphatic rings. The molecular weight excluding hydrogens is 1240 g/mol. The fourth-order valence-corrected chi connectivity index (χ4v) is 10.9. The fourth-order valence-electron chi connectivity index (χ4n) is 10.9.